The molecule has 2 N–H and O–H groups in total. The molecule has 19 heavy (non-hydrogen) atoms. The van der Waals surface area contributed by atoms with Gasteiger partial charge in [0.2, 0.25) is 0 Å². The lowest BCUT2D eigenvalue weighted by Gasteiger charge is -2.21. The van der Waals surface area contributed by atoms with E-state index in [1.165, 1.54) is 6.42 Å². The highest BCUT2D eigenvalue weighted by molar-refractivity contribution is 5.83. The van der Waals surface area contributed by atoms with Gasteiger partial charge in [0.05, 0.1) is 18.2 Å². The first-order chi connectivity index (χ1) is 9.29. The summed E-state index contributed by atoms with van der Waals surface area (Å²) in [6.07, 6.45) is 4.06. The van der Waals surface area contributed by atoms with E-state index in [-0.39, 0.29) is 5.56 Å². The third kappa shape index (κ3) is 1.83. The average Bonchev–Trinajstić information content (AvgIpc) is 3.01. The molecule has 2 bridgehead atoms. The van der Waals surface area contributed by atoms with Crippen LogP contribution in [0.25, 0.3) is 10.8 Å². The molecule has 3 unspecified atom stereocenters. The molecule has 0 saturated carbocycles. The third-order valence-corrected chi connectivity index (χ3v) is 4.20. The van der Waals surface area contributed by atoms with Crippen molar-refractivity contribution in [2.24, 2.45) is 0 Å². The minimum atomic E-state index is -0.0373. The Labute approximate surface area is 110 Å². The number of rotatable bonds is 2. The number of aromatic nitrogens is 1. The summed E-state index contributed by atoms with van der Waals surface area (Å²) in [7, 11) is 0. The van der Waals surface area contributed by atoms with Gasteiger partial charge in [0, 0.05) is 5.39 Å². The molecule has 4 heteroatoms. The molecule has 3 atom stereocenters. The van der Waals surface area contributed by atoms with Gasteiger partial charge in [-0.25, -0.2) is 0 Å². The number of hydrogen-bond donors (Lipinski definition) is 2. The van der Waals surface area contributed by atoms with Crippen LogP contribution in [-0.2, 0) is 4.74 Å². The van der Waals surface area contributed by atoms with Crippen LogP contribution in [0, 0.1) is 0 Å². The first-order valence-corrected chi connectivity index (χ1v) is 6.84. The van der Waals surface area contributed by atoms with E-state index in [2.05, 4.69) is 10.3 Å². The minimum absolute atomic E-state index is 0.0373. The maximum atomic E-state index is 12.0. The lowest BCUT2D eigenvalue weighted by molar-refractivity contribution is 0.102. The molecule has 2 aliphatic heterocycles. The van der Waals surface area contributed by atoms with Crippen LogP contribution in [0.5, 0.6) is 0 Å². The number of nitrogens with one attached hydrogen (secondary N) is 2. The van der Waals surface area contributed by atoms with Crippen molar-refractivity contribution in [1.82, 2.24) is 4.98 Å². The smallest absolute Gasteiger partial charge is 0.257 e. The quantitative estimate of drug-likeness (QED) is 0.866. The fourth-order valence-electron chi connectivity index (χ4n) is 3.28. The molecule has 0 spiro atoms. The van der Waals surface area contributed by atoms with Crippen molar-refractivity contribution in [2.75, 3.05) is 5.32 Å². The lowest BCUT2D eigenvalue weighted by atomic mass is 9.95. The fraction of sp³-hybridized carbons (Fsp3) is 0.400. The summed E-state index contributed by atoms with van der Waals surface area (Å²) in [6.45, 7) is 0. The maximum absolute atomic E-state index is 12.0. The van der Waals surface area contributed by atoms with Gasteiger partial charge in [0.1, 0.15) is 5.82 Å². The van der Waals surface area contributed by atoms with E-state index in [0.717, 1.165) is 29.4 Å². The number of pyridine rings is 1. The van der Waals surface area contributed by atoms with Crippen LogP contribution in [0.4, 0.5) is 5.82 Å². The molecule has 0 radical (unpaired) electrons. The summed E-state index contributed by atoms with van der Waals surface area (Å²) in [6, 6.07) is 9.98. The molecule has 4 nitrogen and oxygen atoms in total. The second-order valence-corrected chi connectivity index (χ2v) is 5.46. The summed E-state index contributed by atoms with van der Waals surface area (Å²) in [5.41, 5.74) is -0.0373. The standard InChI is InChI=1S/C15H16N2O2/c18-15-11-4-2-1-3-9(11)7-14(17-15)16-12-8-10-5-6-13(12)19-10/h1-4,7,10,12-13H,5-6,8H2,(H2,16,17,18). The normalized spacial score (nSPS) is 28.9. The summed E-state index contributed by atoms with van der Waals surface area (Å²) in [4.78, 5) is 14.9. The molecule has 2 aliphatic rings. The SMILES string of the molecule is O=c1[nH]c(NC2CC3CCC2O3)cc2ccccc12. The van der Waals surface area contributed by atoms with Crippen LogP contribution in [0.3, 0.4) is 0 Å². The molecular weight excluding hydrogens is 240 g/mol. The molecule has 98 valence electrons. The van der Waals surface area contributed by atoms with Gasteiger partial charge in [-0.3, -0.25) is 4.79 Å². The van der Waals surface area contributed by atoms with Gasteiger partial charge >= 0.3 is 0 Å². The van der Waals surface area contributed by atoms with E-state index in [1.807, 2.05) is 30.3 Å². The van der Waals surface area contributed by atoms with Crippen molar-refractivity contribution in [3.8, 4) is 0 Å². The van der Waals surface area contributed by atoms with Crippen molar-refractivity contribution >= 4 is 16.6 Å². The van der Waals surface area contributed by atoms with Crippen LogP contribution >= 0.6 is 0 Å². The molecule has 2 fully saturated rings. The Bertz CT molecular complexity index is 679. The highest BCUT2D eigenvalue weighted by Gasteiger charge is 2.40. The molecule has 2 aromatic rings. The molecular formula is C15H16N2O2. The second-order valence-electron chi connectivity index (χ2n) is 5.46. The fourth-order valence-corrected chi connectivity index (χ4v) is 3.28. The predicted molar refractivity (Wildman–Crippen MR) is 74.5 cm³/mol. The zero-order valence-corrected chi connectivity index (χ0v) is 10.6. The molecule has 1 aromatic heterocycles. The minimum Gasteiger partial charge on any atom is -0.373 e. The van der Waals surface area contributed by atoms with Crippen LogP contribution in [0.15, 0.2) is 35.1 Å². The summed E-state index contributed by atoms with van der Waals surface area (Å²) in [5.74, 6) is 0.796. The van der Waals surface area contributed by atoms with Crippen molar-refractivity contribution in [3.63, 3.8) is 0 Å². The maximum Gasteiger partial charge on any atom is 0.257 e. The number of benzene rings is 1. The van der Waals surface area contributed by atoms with Gasteiger partial charge < -0.3 is 15.0 Å². The van der Waals surface area contributed by atoms with Gasteiger partial charge in [0.15, 0.2) is 0 Å². The number of ether oxygens (including phenoxy) is 1. The topological polar surface area (TPSA) is 54.1 Å². The van der Waals surface area contributed by atoms with Gasteiger partial charge in [-0.2, -0.15) is 0 Å². The highest BCUT2D eigenvalue weighted by atomic mass is 16.5. The largest absolute Gasteiger partial charge is 0.373 e. The van der Waals surface area contributed by atoms with Crippen molar-refractivity contribution < 1.29 is 4.74 Å². The van der Waals surface area contributed by atoms with Crippen LogP contribution in [0.1, 0.15) is 19.3 Å². The van der Waals surface area contributed by atoms with E-state index in [1.54, 1.807) is 0 Å². The van der Waals surface area contributed by atoms with Gasteiger partial charge in [-0.1, -0.05) is 18.2 Å². The van der Waals surface area contributed by atoms with Gasteiger partial charge in [-0.05, 0) is 36.8 Å². The van der Waals surface area contributed by atoms with Crippen LogP contribution < -0.4 is 10.9 Å². The lowest BCUT2D eigenvalue weighted by Crippen LogP contribution is -2.31. The van der Waals surface area contributed by atoms with E-state index >= 15 is 0 Å². The van der Waals surface area contributed by atoms with E-state index in [4.69, 9.17) is 4.74 Å². The van der Waals surface area contributed by atoms with Crippen LogP contribution in [0.2, 0.25) is 0 Å². The number of H-pyrrole nitrogens is 1. The monoisotopic (exact) mass is 256 g/mol. The molecule has 3 heterocycles. The Hall–Kier alpha value is -1.81. The highest BCUT2D eigenvalue weighted by Crippen LogP contribution is 2.35. The third-order valence-electron chi connectivity index (χ3n) is 4.20. The van der Waals surface area contributed by atoms with Crippen molar-refractivity contribution in [1.29, 1.82) is 0 Å². The molecule has 0 amide bonds. The number of hydrogen-bond acceptors (Lipinski definition) is 3. The summed E-state index contributed by atoms with van der Waals surface area (Å²) < 4.78 is 5.82. The zero-order chi connectivity index (χ0) is 12.8. The first kappa shape index (κ1) is 11.1. The Morgan fingerprint density at radius 2 is 2.16 bits per heavy atom. The van der Waals surface area contributed by atoms with Crippen LogP contribution in [-0.4, -0.2) is 23.2 Å². The number of fused-ring (bicyclic) bond motifs is 3. The van der Waals surface area contributed by atoms with E-state index in [9.17, 15) is 4.79 Å². The van der Waals surface area contributed by atoms with Crippen molar-refractivity contribution in [2.45, 2.75) is 37.5 Å². The van der Waals surface area contributed by atoms with Crippen molar-refractivity contribution in [3.05, 3.63) is 40.7 Å². The Morgan fingerprint density at radius 3 is 2.95 bits per heavy atom. The summed E-state index contributed by atoms with van der Waals surface area (Å²) >= 11 is 0. The van der Waals surface area contributed by atoms with E-state index in [0.29, 0.717) is 18.2 Å². The second kappa shape index (κ2) is 4.10. The van der Waals surface area contributed by atoms with E-state index < -0.39 is 0 Å². The molecule has 0 aliphatic carbocycles. The molecule has 2 saturated heterocycles. The average molecular weight is 256 g/mol. The molecule has 1 aromatic carbocycles. The number of anilines is 1. The summed E-state index contributed by atoms with van der Waals surface area (Å²) in [5, 5.41) is 5.13. The first-order valence-electron chi connectivity index (χ1n) is 6.84. The van der Waals surface area contributed by atoms with Gasteiger partial charge in [0.25, 0.3) is 5.56 Å². The van der Waals surface area contributed by atoms with Gasteiger partial charge in [-0.15, -0.1) is 0 Å². The molecule has 4 rings (SSSR count). The predicted octanol–water partition coefficient (Wildman–Crippen LogP) is 2.26. The number of aromatic amines is 1. The Kier molecular flexibility index (Phi) is 2.38. The Balaban J connectivity index is 1.66. The zero-order valence-electron chi connectivity index (χ0n) is 10.6. The Morgan fingerprint density at radius 1 is 1.26 bits per heavy atom.